The summed E-state index contributed by atoms with van der Waals surface area (Å²) in [5.41, 5.74) is 0. The van der Waals surface area contributed by atoms with Crippen molar-refractivity contribution in [3.63, 3.8) is 0 Å². The number of nitrogens with one attached hydrogen (secondary N) is 1. The van der Waals surface area contributed by atoms with Gasteiger partial charge in [0.25, 0.3) is 0 Å². The van der Waals surface area contributed by atoms with Gasteiger partial charge in [-0.15, -0.1) is 0 Å². The van der Waals surface area contributed by atoms with Crippen LogP contribution in [0.15, 0.2) is 0 Å². The molecule has 0 aliphatic heterocycles. The maximum Gasteiger partial charge on any atom is 0.220 e. The number of hydrogen-bond donors (Lipinski definition) is 1. The fourth-order valence-electron chi connectivity index (χ4n) is 1.60. The van der Waals surface area contributed by atoms with Crippen molar-refractivity contribution in [2.24, 2.45) is 11.8 Å². The second-order valence-corrected chi connectivity index (χ2v) is 5.34. The molecule has 0 bridgehead atoms. The number of alkyl halides is 1. The zero-order valence-electron chi connectivity index (χ0n) is 9.05. The summed E-state index contributed by atoms with van der Waals surface area (Å²) in [6.07, 6.45) is 4.29. The van der Waals surface area contributed by atoms with E-state index in [1.54, 1.807) is 0 Å². The zero-order valence-corrected chi connectivity index (χ0v) is 10.6. The normalized spacial score (nSPS) is 18.3. The van der Waals surface area contributed by atoms with Gasteiger partial charge in [0.2, 0.25) is 5.91 Å². The lowest BCUT2D eigenvalue weighted by atomic mass is 10.1. The molecular weight excluding hydrogens is 242 g/mol. The van der Waals surface area contributed by atoms with Crippen LogP contribution in [0.3, 0.4) is 0 Å². The standard InChI is InChI=1S/C11H20BrNO/c1-8(2)5-10(7-12)13-11(14)6-9-3-4-9/h8-10H,3-7H2,1-2H3,(H,13,14). The molecule has 1 N–H and O–H groups in total. The van der Waals surface area contributed by atoms with Gasteiger partial charge in [0.15, 0.2) is 0 Å². The average molecular weight is 262 g/mol. The lowest BCUT2D eigenvalue weighted by Gasteiger charge is -2.18. The van der Waals surface area contributed by atoms with Crippen LogP contribution < -0.4 is 5.32 Å². The van der Waals surface area contributed by atoms with Gasteiger partial charge in [-0.1, -0.05) is 29.8 Å². The summed E-state index contributed by atoms with van der Waals surface area (Å²) in [6, 6.07) is 0.307. The van der Waals surface area contributed by atoms with Gasteiger partial charge in [-0.05, 0) is 31.1 Å². The molecular formula is C11H20BrNO. The number of hydrogen-bond acceptors (Lipinski definition) is 1. The van der Waals surface area contributed by atoms with Crippen molar-refractivity contribution in [2.75, 3.05) is 5.33 Å². The van der Waals surface area contributed by atoms with E-state index in [9.17, 15) is 4.79 Å². The smallest absolute Gasteiger partial charge is 0.220 e. The van der Waals surface area contributed by atoms with Gasteiger partial charge in [0.1, 0.15) is 0 Å². The summed E-state index contributed by atoms with van der Waals surface area (Å²) in [4.78, 5) is 11.5. The van der Waals surface area contributed by atoms with E-state index in [0.29, 0.717) is 17.9 Å². The Bertz CT molecular complexity index is 190. The number of amides is 1. The maximum atomic E-state index is 11.5. The molecule has 1 unspecified atom stereocenters. The molecule has 14 heavy (non-hydrogen) atoms. The molecule has 3 heteroatoms. The second kappa shape index (κ2) is 5.74. The molecule has 2 nitrogen and oxygen atoms in total. The van der Waals surface area contributed by atoms with Crippen LogP contribution in [0.4, 0.5) is 0 Å². The Morgan fingerprint density at radius 2 is 2.14 bits per heavy atom. The molecule has 1 atom stereocenters. The summed E-state index contributed by atoms with van der Waals surface area (Å²) in [6.45, 7) is 4.37. The number of carbonyl (C=O) groups excluding carboxylic acids is 1. The van der Waals surface area contributed by atoms with Crippen molar-refractivity contribution in [3.8, 4) is 0 Å². The van der Waals surface area contributed by atoms with Crippen molar-refractivity contribution in [1.29, 1.82) is 0 Å². The topological polar surface area (TPSA) is 29.1 Å². The van der Waals surface area contributed by atoms with Crippen LogP contribution in [0.5, 0.6) is 0 Å². The molecule has 0 radical (unpaired) electrons. The molecule has 0 saturated heterocycles. The molecule has 1 rings (SSSR count). The minimum absolute atomic E-state index is 0.234. The number of carbonyl (C=O) groups is 1. The highest BCUT2D eigenvalue weighted by molar-refractivity contribution is 9.09. The predicted octanol–water partition coefficient (Wildman–Crippen LogP) is 2.71. The van der Waals surface area contributed by atoms with E-state index in [2.05, 4.69) is 35.1 Å². The molecule has 82 valence electrons. The van der Waals surface area contributed by atoms with Crippen LogP contribution in [0.2, 0.25) is 0 Å². The van der Waals surface area contributed by atoms with Crippen LogP contribution in [0.1, 0.15) is 39.5 Å². The van der Waals surface area contributed by atoms with Crippen LogP contribution >= 0.6 is 15.9 Å². The first kappa shape index (κ1) is 12.0. The van der Waals surface area contributed by atoms with Gasteiger partial charge in [-0.25, -0.2) is 0 Å². The molecule has 0 spiro atoms. The Hall–Kier alpha value is -0.0500. The molecule has 1 aliphatic rings. The van der Waals surface area contributed by atoms with Crippen LogP contribution in [0.25, 0.3) is 0 Å². The second-order valence-electron chi connectivity index (χ2n) is 4.70. The summed E-state index contributed by atoms with van der Waals surface area (Å²) in [5, 5.41) is 3.95. The lowest BCUT2D eigenvalue weighted by molar-refractivity contribution is -0.122. The zero-order chi connectivity index (χ0) is 10.6. The third-order valence-corrected chi connectivity index (χ3v) is 3.26. The molecule has 1 aliphatic carbocycles. The van der Waals surface area contributed by atoms with Crippen molar-refractivity contribution in [3.05, 3.63) is 0 Å². The predicted molar refractivity (Wildman–Crippen MR) is 62.5 cm³/mol. The van der Waals surface area contributed by atoms with Crippen LogP contribution in [0, 0.1) is 11.8 Å². The van der Waals surface area contributed by atoms with Gasteiger partial charge < -0.3 is 5.32 Å². The summed E-state index contributed by atoms with van der Waals surface area (Å²) in [7, 11) is 0. The van der Waals surface area contributed by atoms with Crippen molar-refractivity contribution in [2.45, 2.75) is 45.6 Å². The van der Waals surface area contributed by atoms with Gasteiger partial charge in [0, 0.05) is 17.8 Å². The highest BCUT2D eigenvalue weighted by Crippen LogP contribution is 2.32. The average Bonchev–Trinajstić information content (AvgIpc) is 2.86. The molecule has 0 aromatic carbocycles. The minimum Gasteiger partial charge on any atom is -0.353 e. The number of halogens is 1. The van der Waals surface area contributed by atoms with Crippen molar-refractivity contribution >= 4 is 21.8 Å². The Kier molecular flexibility index (Phi) is 4.93. The quantitative estimate of drug-likeness (QED) is 0.733. The van der Waals surface area contributed by atoms with Crippen LogP contribution in [-0.4, -0.2) is 17.3 Å². The van der Waals surface area contributed by atoms with Gasteiger partial charge in [-0.3, -0.25) is 4.79 Å². The van der Waals surface area contributed by atoms with E-state index < -0.39 is 0 Å². The largest absolute Gasteiger partial charge is 0.353 e. The van der Waals surface area contributed by atoms with Crippen molar-refractivity contribution in [1.82, 2.24) is 5.32 Å². The number of rotatable bonds is 6. The van der Waals surface area contributed by atoms with Gasteiger partial charge in [0.05, 0.1) is 0 Å². The first-order valence-electron chi connectivity index (χ1n) is 5.47. The minimum atomic E-state index is 0.234. The highest BCUT2D eigenvalue weighted by Gasteiger charge is 2.25. The molecule has 0 aromatic heterocycles. The molecule has 1 amide bonds. The summed E-state index contributed by atoms with van der Waals surface area (Å²) in [5.74, 6) is 1.56. The fraction of sp³-hybridized carbons (Fsp3) is 0.909. The lowest BCUT2D eigenvalue weighted by Crippen LogP contribution is -2.37. The Morgan fingerprint density at radius 1 is 1.50 bits per heavy atom. The van der Waals surface area contributed by atoms with Crippen LogP contribution in [-0.2, 0) is 4.79 Å². The Morgan fingerprint density at radius 3 is 2.57 bits per heavy atom. The van der Waals surface area contributed by atoms with E-state index in [4.69, 9.17) is 0 Å². The molecule has 1 fully saturated rings. The summed E-state index contributed by atoms with van der Waals surface area (Å²) >= 11 is 3.44. The monoisotopic (exact) mass is 261 g/mol. The van der Waals surface area contributed by atoms with E-state index in [0.717, 1.165) is 18.2 Å². The van der Waals surface area contributed by atoms with E-state index in [1.165, 1.54) is 12.8 Å². The Labute approximate surface area is 95.0 Å². The van der Waals surface area contributed by atoms with Crippen molar-refractivity contribution < 1.29 is 4.79 Å². The first-order valence-corrected chi connectivity index (χ1v) is 6.59. The Balaban J connectivity index is 2.19. The first-order chi connectivity index (χ1) is 6.61. The van der Waals surface area contributed by atoms with Gasteiger partial charge >= 0.3 is 0 Å². The van der Waals surface area contributed by atoms with E-state index in [-0.39, 0.29) is 5.91 Å². The molecule has 0 aromatic rings. The van der Waals surface area contributed by atoms with Gasteiger partial charge in [-0.2, -0.15) is 0 Å². The van der Waals surface area contributed by atoms with E-state index >= 15 is 0 Å². The third kappa shape index (κ3) is 4.99. The molecule has 1 saturated carbocycles. The summed E-state index contributed by atoms with van der Waals surface area (Å²) < 4.78 is 0. The maximum absolute atomic E-state index is 11.5. The fourth-order valence-corrected chi connectivity index (χ4v) is 2.03. The highest BCUT2D eigenvalue weighted by atomic mass is 79.9. The molecule has 0 heterocycles. The third-order valence-electron chi connectivity index (χ3n) is 2.48. The van der Waals surface area contributed by atoms with E-state index in [1.807, 2.05) is 0 Å². The SMILES string of the molecule is CC(C)CC(CBr)NC(=O)CC1CC1.